The van der Waals surface area contributed by atoms with Crippen molar-refractivity contribution in [1.82, 2.24) is 0 Å². The molecule has 0 radical (unpaired) electrons. The number of hydrogen-bond acceptors (Lipinski definition) is 0. The first-order valence-electron chi connectivity index (χ1n) is 6.27. The minimum atomic E-state index is -4.24. The third kappa shape index (κ3) is 3.05. The number of benzene rings is 1. The number of rotatable bonds is 1. The lowest BCUT2D eigenvalue weighted by atomic mass is 9.89. The number of nitrogens with zero attached hydrogens (tertiary/aromatic N) is 1. The Morgan fingerprint density at radius 1 is 1.11 bits per heavy atom. The van der Waals surface area contributed by atoms with E-state index >= 15 is 0 Å². The van der Waals surface area contributed by atoms with Crippen LogP contribution in [0.5, 0.6) is 0 Å². The Morgan fingerprint density at radius 2 is 1.72 bits per heavy atom. The van der Waals surface area contributed by atoms with Crippen molar-refractivity contribution in [2.24, 2.45) is 0 Å². The Hall–Kier alpha value is -1.03. The molecule has 1 atom stereocenters. The fourth-order valence-electron chi connectivity index (χ4n) is 2.76. The van der Waals surface area contributed by atoms with Gasteiger partial charge in [-0.2, -0.15) is 13.2 Å². The van der Waals surface area contributed by atoms with Crippen LogP contribution in [0.1, 0.15) is 29.9 Å². The molecule has 0 amide bonds. The molecule has 1 aromatic carbocycles. The number of alkyl halides is 3. The maximum atomic E-state index is 12.5. The van der Waals surface area contributed by atoms with Gasteiger partial charge in [-0.15, -0.1) is 0 Å². The lowest BCUT2D eigenvalue weighted by Gasteiger charge is -2.38. The molecule has 18 heavy (non-hydrogen) atoms. The smallest absolute Gasteiger partial charge is 0.328 e. The normalized spacial score (nSPS) is 23.9. The average Bonchev–Trinajstić information content (AvgIpc) is 2.27. The van der Waals surface area contributed by atoms with Gasteiger partial charge in [0.05, 0.1) is 32.7 Å². The van der Waals surface area contributed by atoms with Gasteiger partial charge in [0, 0.05) is 5.92 Å². The highest BCUT2D eigenvalue weighted by molar-refractivity contribution is 5.27. The van der Waals surface area contributed by atoms with Crippen LogP contribution in [-0.4, -0.2) is 31.7 Å². The number of quaternary nitrogens is 1. The molecule has 0 aromatic heterocycles. The Kier molecular flexibility index (Phi) is 3.41. The second-order valence-electron chi connectivity index (χ2n) is 5.80. The molecule has 2 rings (SSSR count). The predicted octanol–water partition coefficient (Wildman–Crippen LogP) is 3.66. The van der Waals surface area contributed by atoms with Crippen LogP contribution in [-0.2, 0) is 6.18 Å². The van der Waals surface area contributed by atoms with Crippen molar-refractivity contribution >= 4 is 0 Å². The highest BCUT2D eigenvalue weighted by Crippen LogP contribution is 2.33. The second kappa shape index (κ2) is 4.57. The molecule has 0 N–H and O–H groups in total. The van der Waals surface area contributed by atoms with Gasteiger partial charge < -0.3 is 4.48 Å². The summed E-state index contributed by atoms with van der Waals surface area (Å²) in [4.78, 5) is 0. The van der Waals surface area contributed by atoms with E-state index in [0.29, 0.717) is 5.92 Å². The number of likely N-dealkylation sites (N-methyl/N-ethyl adjacent to an activating group) is 1. The van der Waals surface area contributed by atoms with E-state index in [9.17, 15) is 13.2 Å². The highest BCUT2D eigenvalue weighted by atomic mass is 19.4. The van der Waals surface area contributed by atoms with Crippen molar-refractivity contribution in [2.45, 2.75) is 24.9 Å². The molecule has 0 aliphatic carbocycles. The monoisotopic (exact) mass is 258 g/mol. The minimum absolute atomic E-state index is 0.385. The third-order valence-electron chi connectivity index (χ3n) is 3.74. The summed E-state index contributed by atoms with van der Waals surface area (Å²) in [6.45, 7) is 2.16. The first-order valence-corrected chi connectivity index (χ1v) is 6.27. The van der Waals surface area contributed by atoms with Crippen LogP contribution in [0, 0.1) is 0 Å². The first-order chi connectivity index (χ1) is 8.28. The van der Waals surface area contributed by atoms with Crippen LogP contribution >= 0.6 is 0 Å². The van der Waals surface area contributed by atoms with E-state index in [1.165, 1.54) is 12.1 Å². The van der Waals surface area contributed by atoms with Crippen molar-refractivity contribution in [3.63, 3.8) is 0 Å². The van der Waals surface area contributed by atoms with Crippen LogP contribution in [0.3, 0.4) is 0 Å². The summed E-state index contributed by atoms with van der Waals surface area (Å²) in [7, 11) is 4.35. The lowest BCUT2D eigenvalue weighted by molar-refractivity contribution is -0.896. The Labute approximate surface area is 106 Å². The van der Waals surface area contributed by atoms with Gasteiger partial charge in [0.15, 0.2) is 0 Å². The van der Waals surface area contributed by atoms with E-state index in [1.807, 2.05) is 0 Å². The molecule has 1 heterocycles. The van der Waals surface area contributed by atoms with Gasteiger partial charge in [-0.25, -0.2) is 0 Å². The average molecular weight is 258 g/mol. The molecular weight excluding hydrogens is 239 g/mol. The van der Waals surface area contributed by atoms with E-state index in [-0.39, 0.29) is 0 Å². The van der Waals surface area contributed by atoms with Crippen LogP contribution in [0.4, 0.5) is 13.2 Å². The third-order valence-corrected chi connectivity index (χ3v) is 3.74. The summed E-state index contributed by atoms with van der Waals surface area (Å²) in [5.74, 6) is 0.385. The fraction of sp³-hybridized carbons (Fsp3) is 0.571. The van der Waals surface area contributed by atoms with E-state index in [1.54, 1.807) is 12.1 Å². The second-order valence-corrected chi connectivity index (χ2v) is 5.80. The number of halogens is 3. The maximum Gasteiger partial charge on any atom is 0.416 e. The van der Waals surface area contributed by atoms with Crippen LogP contribution in [0.15, 0.2) is 24.3 Å². The van der Waals surface area contributed by atoms with Gasteiger partial charge in [-0.05, 0) is 30.5 Å². The van der Waals surface area contributed by atoms with E-state index in [2.05, 4.69) is 14.1 Å². The van der Waals surface area contributed by atoms with Crippen molar-refractivity contribution in [3.05, 3.63) is 35.4 Å². The van der Waals surface area contributed by atoms with Gasteiger partial charge in [-0.3, -0.25) is 0 Å². The summed E-state index contributed by atoms with van der Waals surface area (Å²) in [6, 6.07) is 5.67. The van der Waals surface area contributed by atoms with Gasteiger partial charge in [0.1, 0.15) is 0 Å². The molecule has 0 bridgehead atoms. The minimum Gasteiger partial charge on any atom is -0.328 e. The summed E-state index contributed by atoms with van der Waals surface area (Å²) in [5, 5.41) is 0. The Morgan fingerprint density at radius 3 is 2.22 bits per heavy atom. The Bertz CT molecular complexity index is 406. The van der Waals surface area contributed by atoms with Crippen molar-refractivity contribution in [3.8, 4) is 0 Å². The van der Waals surface area contributed by atoms with Crippen molar-refractivity contribution in [1.29, 1.82) is 0 Å². The molecule has 1 saturated heterocycles. The molecule has 100 valence electrons. The zero-order chi connectivity index (χ0) is 13.4. The summed E-state index contributed by atoms with van der Waals surface area (Å²) in [5.41, 5.74) is 0.477. The number of hydrogen-bond donors (Lipinski definition) is 0. The van der Waals surface area contributed by atoms with Gasteiger partial charge >= 0.3 is 6.18 Å². The van der Waals surface area contributed by atoms with Crippen molar-refractivity contribution < 1.29 is 17.7 Å². The molecule has 4 heteroatoms. The molecule has 1 aromatic rings. The standard InChI is InChI=1S/C14H19F3N/c1-18(2)9-3-4-12(10-18)11-5-7-13(8-6-11)14(15,16)17/h5-8,12H,3-4,9-10H2,1-2H3/q+1. The van der Waals surface area contributed by atoms with E-state index < -0.39 is 11.7 Å². The fourth-order valence-corrected chi connectivity index (χ4v) is 2.76. The van der Waals surface area contributed by atoms with E-state index in [0.717, 1.165) is 36.0 Å². The number of piperidine rings is 1. The zero-order valence-electron chi connectivity index (χ0n) is 10.8. The lowest BCUT2D eigenvalue weighted by Crippen LogP contribution is -2.46. The maximum absolute atomic E-state index is 12.5. The molecule has 0 saturated carbocycles. The highest BCUT2D eigenvalue weighted by Gasteiger charge is 2.32. The molecule has 1 unspecified atom stereocenters. The van der Waals surface area contributed by atoms with Gasteiger partial charge in [0.2, 0.25) is 0 Å². The summed E-state index contributed by atoms with van der Waals surface area (Å²) < 4.78 is 38.4. The molecular formula is C14H19F3N+. The zero-order valence-corrected chi connectivity index (χ0v) is 10.8. The van der Waals surface area contributed by atoms with Gasteiger partial charge in [0.25, 0.3) is 0 Å². The molecule has 1 nitrogen and oxygen atoms in total. The number of likely N-dealkylation sites (tertiary alicyclic amines) is 1. The van der Waals surface area contributed by atoms with Crippen molar-refractivity contribution in [2.75, 3.05) is 27.2 Å². The predicted molar refractivity (Wildman–Crippen MR) is 65.3 cm³/mol. The van der Waals surface area contributed by atoms with E-state index in [4.69, 9.17) is 0 Å². The topological polar surface area (TPSA) is 0 Å². The molecule has 1 fully saturated rings. The molecule has 1 aliphatic rings. The summed E-state index contributed by atoms with van der Waals surface area (Å²) >= 11 is 0. The van der Waals surface area contributed by atoms with Gasteiger partial charge in [-0.1, -0.05) is 12.1 Å². The largest absolute Gasteiger partial charge is 0.416 e. The van der Waals surface area contributed by atoms with Crippen LogP contribution in [0.25, 0.3) is 0 Å². The summed E-state index contributed by atoms with van der Waals surface area (Å²) in [6.07, 6.45) is -2.02. The SMILES string of the molecule is C[N+]1(C)CCCC(c2ccc(C(F)(F)F)cc2)C1. The molecule has 0 spiro atoms. The Balaban J connectivity index is 2.15. The van der Waals surface area contributed by atoms with Crippen LogP contribution in [0.2, 0.25) is 0 Å². The quantitative estimate of drug-likeness (QED) is 0.674. The molecule has 1 aliphatic heterocycles. The van der Waals surface area contributed by atoms with Crippen LogP contribution < -0.4 is 0 Å². The first kappa shape index (κ1) is 13.4.